The van der Waals surface area contributed by atoms with Crippen molar-refractivity contribution < 1.29 is 0 Å². The summed E-state index contributed by atoms with van der Waals surface area (Å²) in [6.07, 6.45) is 4.92. The van der Waals surface area contributed by atoms with Gasteiger partial charge in [-0.25, -0.2) is 0 Å². The molecule has 4 heterocycles. The summed E-state index contributed by atoms with van der Waals surface area (Å²) in [4.78, 5) is 18.0. The molecule has 0 radical (unpaired) electrons. The molecular formula is C23H23N3OS. The molecule has 1 aromatic carbocycles. The first-order chi connectivity index (χ1) is 13.8. The Balaban J connectivity index is 1.43. The average Bonchev–Trinajstić information content (AvgIpc) is 3.19. The van der Waals surface area contributed by atoms with Crippen LogP contribution < -0.4 is 10.9 Å². The van der Waals surface area contributed by atoms with Crippen molar-refractivity contribution in [3.05, 3.63) is 75.7 Å². The van der Waals surface area contributed by atoms with Gasteiger partial charge in [0.05, 0.1) is 10.9 Å². The van der Waals surface area contributed by atoms with E-state index in [2.05, 4.69) is 35.0 Å². The number of benzene rings is 1. The van der Waals surface area contributed by atoms with Gasteiger partial charge in [0.15, 0.2) is 0 Å². The normalized spacial score (nSPS) is 15.4. The van der Waals surface area contributed by atoms with Crippen molar-refractivity contribution in [3.63, 3.8) is 0 Å². The van der Waals surface area contributed by atoms with Crippen LogP contribution in [0.2, 0.25) is 0 Å². The SMILES string of the molecule is O=c1c2c(C3CCNCC3)csc2ccn1CCc1ccc2ccccc2n1. The Morgan fingerprint density at radius 3 is 2.86 bits per heavy atom. The highest BCUT2D eigenvalue weighted by Gasteiger charge is 2.20. The molecule has 3 aromatic heterocycles. The molecule has 4 aromatic rings. The lowest BCUT2D eigenvalue weighted by Crippen LogP contribution is -2.27. The maximum Gasteiger partial charge on any atom is 0.259 e. The first kappa shape index (κ1) is 17.6. The number of hydrogen-bond acceptors (Lipinski definition) is 4. The Labute approximate surface area is 167 Å². The molecule has 1 N–H and O–H groups in total. The number of rotatable bonds is 4. The Morgan fingerprint density at radius 1 is 1.11 bits per heavy atom. The van der Waals surface area contributed by atoms with Gasteiger partial charge in [-0.15, -0.1) is 11.3 Å². The topological polar surface area (TPSA) is 46.9 Å². The van der Waals surface area contributed by atoms with E-state index in [0.29, 0.717) is 12.5 Å². The van der Waals surface area contributed by atoms with Crippen LogP contribution in [0.25, 0.3) is 21.0 Å². The highest BCUT2D eigenvalue weighted by atomic mass is 32.1. The largest absolute Gasteiger partial charge is 0.317 e. The molecule has 5 heteroatoms. The van der Waals surface area contributed by atoms with Gasteiger partial charge < -0.3 is 9.88 Å². The highest BCUT2D eigenvalue weighted by molar-refractivity contribution is 7.17. The van der Waals surface area contributed by atoms with E-state index in [1.54, 1.807) is 11.3 Å². The first-order valence-corrected chi connectivity index (χ1v) is 10.8. The summed E-state index contributed by atoms with van der Waals surface area (Å²) in [7, 11) is 0. The molecule has 0 unspecified atom stereocenters. The smallest absolute Gasteiger partial charge is 0.259 e. The monoisotopic (exact) mass is 389 g/mol. The summed E-state index contributed by atoms with van der Waals surface area (Å²) in [6.45, 7) is 2.73. The zero-order valence-corrected chi connectivity index (χ0v) is 16.5. The number of hydrogen-bond donors (Lipinski definition) is 1. The van der Waals surface area contributed by atoms with Crippen LogP contribution in [0.5, 0.6) is 0 Å². The third kappa shape index (κ3) is 3.25. The first-order valence-electron chi connectivity index (χ1n) is 9.95. The molecule has 28 heavy (non-hydrogen) atoms. The Kier molecular flexibility index (Phi) is 4.71. The molecule has 0 bridgehead atoms. The van der Waals surface area contributed by atoms with Gasteiger partial charge in [0.1, 0.15) is 0 Å². The number of nitrogens with zero attached hydrogens (tertiary/aromatic N) is 2. The molecule has 1 fully saturated rings. The number of piperidine rings is 1. The minimum Gasteiger partial charge on any atom is -0.317 e. The second-order valence-electron chi connectivity index (χ2n) is 7.51. The van der Waals surface area contributed by atoms with Crippen molar-refractivity contribution in [2.24, 2.45) is 0 Å². The van der Waals surface area contributed by atoms with E-state index in [1.165, 1.54) is 5.56 Å². The molecule has 0 saturated carbocycles. The zero-order chi connectivity index (χ0) is 18.9. The highest BCUT2D eigenvalue weighted by Crippen LogP contribution is 2.33. The summed E-state index contributed by atoms with van der Waals surface area (Å²) in [5.41, 5.74) is 3.43. The summed E-state index contributed by atoms with van der Waals surface area (Å²) < 4.78 is 2.97. The standard InChI is InChI=1S/C23H23N3OS/c27-23-22-19(16-7-11-24-12-8-16)15-28-21(22)10-14-26(23)13-9-18-6-5-17-3-1-2-4-20(17)25-18/h1-6,10,14-16,24H,7-9,11-13H2. The molecule has 0 spiro atoms. The van der Waals surface area contributed by atoms with Crippen LogP contribution in [0.1, 0.15) is 30.0 Å². The van der Waals surface area contributed by atoms with Crippen LogP contribution in [-0.2, 0) is 13.0 Å². The van der Waals surface area contributed by atoms with E-state index in [1.807, 2.05) is 29.0 Å². The molecular weight excluding hydrogens is 366 g/mol. The second-order valence-corrected chi connectivity index (χ2v) is 8.43. The van der Waals surface area contributed by atoms with Gasteiger partial charge in [-0.2, -0.15) is 0 Å². The predicted octanol–water partition coefficient (Wildman–Crippen LogP) is 4.32. The zero-order valence-electron chi connectivity index (χ0n) is 15.7. The van der Waals surface area contributed by atoms with Crippen molar-refractivity contribution in [3.8, 4) is 0 Å². The maximum atomic E-state index is 13.2. The Bertz CT molecular complexity index is 1190. The minimum atomic E-state index is 0.146. The molecule has 5 rings (SSSR count). The fourth-order valence-electron chi connectivity index (χ4n) is 4.20. The van der Waals surface area contributed by atoms with Gasteiger partial charge in [0.2, 0.25) is 0 Å². The second kappa shape index (κ2) is 7.49. The molecule has 0 atom stereocenters. The third-order valence-electron chi connectivity index (χ3n) is 5.77. The summed E-state index contributed by atoms with van der Waals surface area (Å²) in [6, 6.07) is 14.4. The molecule has 0 aliphatic carbocycles. The van der Waals surface area contributed by atoms with E-state index in [0.717, 1.165) is 59.0 Å². The van der Waals surface area contributed by atoms with Crippen molar-refractivity contribution in [1.82, 2.24) is 14.9 Å². The van der Waals surface area contributed by atoms with Gasteiger partial charge >= 0.3 is 0 Å². The van der Waals surface area contributed by atoms with E-state index < -0.39 is 0 Å². The fourth-order valence-corrected chi connectivity index (χ4v) is 5.23. The average molecular weight is 390 g/mol. The summed E-state index contributed by atoms with van der Waals surface area (Å²) >= 11 is 1.70. The number of fused-ring (bicyclic) bond motifs is 2. The van der Waals surface area contributed by atoms with E-state index in [4.69, 9.17) is 4.98 Å². The van der Waals surface area contributed by atoms with Crippen LogP contribution in [0.15, 0.2) is 58.8 Å². The van der Waals surface area contributed by atoms with Crippen molar-refractivity contribution >= 4 is 32.3 Å². The van der Waals surface area contributed by atoms with Crippen LogP contribution >= 0.6 is 11.3 Å². The lowest BCUT2D eigenvalue weighted by molar-refractivity contribution is 0.462. The summed E-state index contributed by atoms with van der Waals surface area (Å²) in [5.74, 6) is 0.501. The van der Waals surface area contributed by atoms with Crippen molar-refractivity contribution in [2.45, 2.75) is 31.7 Å². The van der Waals surface area contributed by atoms with Crippen LogP contribution in [0.4, 0.5) is 0 Å². The van der Waals surface area contributed by atoms with Gasteiger partial charge in [0.25, 0.3) is 5.56 Å². The quantitative estimate of drug-likeness (QED) is 0.565. The van der Waals surface area contributed by atoms with Crippen molar-refractivity contribution in [2.75, 3.05) is 13.1 Å². The number of nitrogens with one attached hydrogen (secondary N) is 1. The van der Waals surface area contributed by atoms with Gasteiger partial charge in [-0.3, -0.25) is 9.78 Å². The van der Waals surface area contributed by atoms with Crippen LogP contribution in [0.3, 0.4) is 0 Å². The molecule has 1 aliphatic heterocycles. The number of thiophene rings is 1. The maximum absolute atomic E-state index is 13.2. The number of aromatic nitrogens is 2. The van der Waals surface area contributed by atoms with Gasteiger partial charge in [-0.05, 0) is 61.0 Å². The lowest BCUT2D eigenvalue weighted by atomic mass is 9.90. The summed E-state index contributed by atoms with van der Waals surface area (Å²) in [5, 5.41) is 7.70. The minimum absolute atomic E-state index is 0.146. The molecule has 142 valence electrons. The van der Waals surface area contributed by atoms with Gasteiger partial charge in [-0.1, -0.05) is 24.3 Å². The number of pyridine rings is 2. The number of para-hydroxylation sites is 1. The van der Waals surface area contributed by atoms with Crippen LogP contribution in [-0.4, -0.2) is 22.6 Å². The molecule has 0 amide bonds. The van der Waals surface area contributed by atoms with E-state index in [9.17, 15) is 4.79 Å². The fraction of sp³-hybridized carbons (Fsp3) is 0.304. The van der Waals surface area contributed by atoms with Crippen molar-refractivity contribution in [1.29, 1.82) is 0 Å². The van der Waals surface area contributed by atoms with Crippen LogP contribution in [0, 0.1) is 0 Å². The Morgan fingerprint density at radius 2 is 1.96 bits per heavy atom. The molecule has 1 saturated heterocycles. The Hall–Kier alpha value is -2.50. The molecule has 4 nitrogen and oxygen atoms in total. The number of aryl methyl sites for hydroxylation is 2. The lowest BCUT2D eigenvalue weighted by Gasteiger charge is -2.22. The van der Waals surface area contributed by atoms with E-state index >= 15 is 0 Å². The van der Waals surface area contributed by atoms with Gasteiger partial charge in [0, 0.05) is 34.9 Å². The third-order valence-corrected chi connectivity index (χ3v) is 6.74. The molecule has 1 aliphatic rings. The predicted molar refractivity (Wildman–Crippen MR) is 116 cm³/mol. The van der Waals surface area contributed by atoms with E-state index in [-0.39, 0.29) is 5.56 Å².